The maximum absolute atomic E-state index is 13.2. The molecule has 0 saturated carbocycles. The number of rotatable bonds is 6. The molecule has 33 heavy (non-hydrogen) atoms. The van der Waals surface area contributed by atoms with E-state index in [1.54, 1.807) is 6.07 Å². The van der Waals surface area contributed by atoms with Gasteiger partial charge in [0.15, 0.2) is 0 Å². The number of halogens is 2. The summed E-state index contributed by atoms with van der Waals surface area (Å²) in [6.07, 6.45) is 0. The number of nitrogens with zero attached hydrogens (tertiary/aromatic N) is 3. The van der Waals surface area contributed by atoms with Gasteiger partial charge in [-0.1, -0.05) is 30.3 Å². The molecule has 6 nitrogen and oxygen atoms in total. The minimum absolute atomic E-state index is 0. The Hall–Kier alpha value is -2.47. The van der Waals surface area contributed by atoms with Gasteiger partial charge in [0.05, 0.1) is 30.2 Å². The van der Waals surface area contributed by atoms with Crippen molar-refractivity contribution < 1.29 is 9.53 Å². The summed E-state index contributed by atoms with van der Waals surface area (Å²) >= 11 is 1.39. The molecule has 1 N–H and O–H groups in total. The van der Waals surface area contributed by atoms with E-state index >= 15 is 0 Å². The van der Waals surface area contributed by atoms with Crippen molar-refractivity contribution in [2.75, 3.05) is 39.4 Å². The number of nitriles is 1. The Morgan fingerprint density at radius 3 is 2.58 bits per heavy atom. The first-order valence-electron chi connectivity index (χ1n) is 10.3. The van der Waals surface area contributed by atoms with E-state index in [2.05, 4.69) is 16.3 Å². The minimum Gasteiger partial charge on any atom is -0.379 e. The topological polar surface area (TPSA) is 78.2 Å². The highest BCUT2D eigenvalue weighted by molar-refractivity contribution is 7.16. The van der Waals surface area contributed by atoms with Gasteiger partial charge in [-0.15, -0.1) is 36.2 Å². The third-order valence-corrected chi connectivity index (χ3v) is 6.32. The molecule has 1 amide bonds. The molecular weight excluding hydrogens is 479 g/mol. The van der Waals surface area contributed by atoms with Gasteiger partial charge in [-0.2, -0.15) is 5.26 Å². The Kier molecular flexibility index (Phi) is 10.3. The lowest BCUT2D eigenvalue weighted by Gasteiger charge is -2.26. The number of benzene rings is 1. The van der Waals surface area contributed by atoms with Crippen LogP contribution in [-0.4, -0.2) is 55.2 Å². The molecule has 0 aliphatic carbocycles. The van der Waals surface area contributed by atoms with Crippen LogP contribution in [0.3, 0.4) is 0 Å². The zero-order valence-electron chi connectivity index (χ0n) is 18.2. The predicted molar refractivity (Wildman–Crippen MR) is 137 cm³/mol. The second-order valence-corrected chi connectivity index (χ2v) is 8.45. The number of carbonyl (C=O) groups is 1. The van der Waals surface area contributed by atoms with Crippen molar-refractivity contribution in [3.05, 3.63) is 64.7 Å². The van der Waals surface area contributed by atoms with Crippen LogP contribution in [0.1, 0.15) is 20.9 Å². The SMILES string of the molecule is Cc1nc(-c2ccccc2)cc(-c2ccc(C#N)s2)c1C(=O)NCCN1CCOCC1.Cl.Cl. The maximum atomic E-state index is 13.2. The molecule has 174 valence electrons. The van der Waals surface area contributed by atoms with Crippen molar-refractivity contribution in [1.29, 1.82) is 5.26 Å². The van der Waals surface area contributed by atoms with Gasteiger partial charge >= 0.3 is 0 Å². The summed E-state index contributed by atoms with van der Waals surface area (Å²) in [5.74, 6) is -0.139. The fourth-order valence-electron chi connectivity index (χ4n) is 3.69. The molecule has 0 bridgehead atoms. The second kappa shape index (κ2) is 12.7. The third kappa shape index (κ3) is 6.53. The molecule has 4 rings (SSSR count). The van der Waals surface area contributed by atoms with Gasteiger partial charge in [0.2, 0.25) is 0 Å². The van der Waals surface area contributed by atoms with Crippen LogP contribution in [0.15, 0.2) is 48.5 Å². The summed E-state index contributed by atoms with van der Waals surface area (Å²) in [4.78, 5) is 21.7. The van der Waals surface area contributed by atoms with Gasteiger partial charge < -0.3 is 10.1 Å². The van der Waals surface area contributed by atoms with Crippen LogP contribution in [0.5, 0.6) is 0 Å². The van der Waals surface area contributed by atoms with Crippen molar-refractivity contribution in [3.63, 3.8) is 0 Å². The summed E-state index contributed by atoms with van der Waals surface area (Å²) in [7, 11) is 0. The molecular formula is C24H26Cl2N4O2S. The Labute approximate surface area is 210 Å². The van der Waals surface area contributed by atoms with Crippen molar-refractivity contribution >= 4 is 42.1 Å². The van der Waals surface area contributed by atoms with Gasteiger partial charge in [0, 0.05) is 42.2 Å². The molecule has 9 heteroatoms. The van der Waals surface area contributed by atoms with Gasteiger partial charge in [-0.05, 0) is 25.1 Å². The number of carbonyl (C=O) groups excluding carboxylic acids is 1. The first-order valence-corrected chi connectivity index (χ1v) is 11.1. The lowest BCUT2D eigenvalue weighted by Crippen LogP contribution is -2.41. The highest BCUT2D eigenvalue weighted by Crippen LogP contribution is 2.34. The molecule has 1 aliphatic heterocycles. The molecule has 0 radical (unpaired) electrons. The number of ether oxygens (including phenoxy) is 1. The van der Waals surface area contributed by atoms with E-state index in [0.29, 0.717) is 22.7 Å². The zero-order valence-corrected chi connectivity index (χ0v) is 20.7. The normalized spacial score (nSPS) is 13.3. The van der Waals surface area contributed by atoms with Crippen LogP contribution < -0.4 is 5.32 Å². The molecule has 0 spiro atoms. The fraction of sp³-hybridized carbons (Fsp3) is 0.292. The maximum Gasteiger partial charge on any atom is 0.253 e. The molecule has 1 aromatic carbocycles. The van der Waals surface area contributed by atoms with E-state index in [1.165, 1.54) is 11.3 Å². The first-order chi connectivity index (χ1) is 15.2. The number of amides is 1. The highest BCUT2D eigenvalue weighted by atomic mass is 35.5. The van der Waals surface area contributed by atoms with E-state index < -0.39 is 0 Å². The molecule has 3 aromatic rings. The quantitative estimate of drug-likeness (QED) is 0.532. The number of nitrogens with one attached hydrogen (secondary N) is 1. The molecule has 1 fully saturated rings. The van der Waals surface area contributed by atoms with Crippen LogP contribution in [0, 0.1) is 18.3 Å². The largest absolute Gasteiger partial charge is 0.379 e. The van der Waals surface area contributed by atoms with Crippen molar-refractivity contribution in [1.82, 2.24) is 15.2 Å². The monoisotopic (exact) mass is 504 g/mol. The summed E-state index contributed by atoms with van der Waals surface area (Å²) in [5, 5.41) is 12.3. The average Bonchev–Trinajstić information content (AvgIpc) is 3.29. The molecule has 3 heterocycles. The molecule has 0 atom stereocenters. The number of hydrogen-bond acceptors (Lipinski definition) is 6. The molecule has 0 unspecified atom stereocenters. The van der Waals surface area contributed by atoms with Crippen molar-refractivity contribution in [2.45, 2.75) is 6.92 Å². The van der Waals surface area contributed by atoms with E-state index in [1.807, 2.05) is 49.4 Å². The first kappa shape index (κ1) is 26.8. The van der Waals surface area contributed by atoms with Crippen LogP contribution in [0.25, 0.3) is 21.7 Å². The van der Waals surface area contributed by atoms with Crippen LogP contribution in [0.2, 0.25) is 0 Å². The minimum atomic E-state index is -0.139. The van der Waals surface area contributed by atoms with Crippen LogP contribution in [-0.2, 0) is 4.74 Å². The summed E-state index contributed by atoms with van der Waals surface area (Å²) in [6, 6.07) is 17.7. The molecule has 1 saturated heterocycles. The van der Waals surface area contributed by atoms with Crippen molar-refractivity contribution in [3.8, 4) is 27.8 Å². The fourth-order valence-corrected chi connectivity index (χ4v) is 4.52. The van der Waals surface area contributed by atoms with E-state index in [0.717, 1.165) is 54.5 Å². The number of thiophene rings is 1. The summed E-state index contributed by atoms with van der Waals surface area (Å²) in [6.45, 7) is 6.47. The number of aromatic nitrogens is 1. The van der Waals surface area contributed by atoms with Crippen LogP contribution in [0.4, 0.5) is 0 Å². The second-order valence-electron chi connectivity index (χ2n) is 7.37. The Morgan fingerprint density at radius 2 is 1.91 bits per heavy atom. The lowest BCUT2D eigenvalue weighted by atomic mass is 10.0. The number of morpholine rings is 1. The number of hydrogen-bond donors (Lipinski definition) is 1. The lowest BCUT2D eigenvalue weighted by molar-refractivity contribution is 0.0383. The zero-order chi connectivity index (χ0) is 21.6. The highest BCUT2D eigenvalue weighted by Gasteiger charge is 2.20. The van der Waals surface area contributed by atoms with Gasteiger partial charge in [0.1, 0.15) is 10.9 Å². The van der Waals surface area contributed by atoms with Gasteiger partial charge in [0.25, 0.3) is 5.91 Å². The Bertz CT molecular complexity index is 1110. The molecule has 2 aromatic heterocycles. The average molecular weight is 505 g/mol. The smallest absolute Gasteiger partial charge is 0.253 e. The van der Waals surface area contributed by atoms with E-state index in [9.17, 15) is 10.1 Å². The van der Waals surface area contributed by atoms with Gasteiger partial charge in [-0.25, -0.2) is 0 Å². The predicted octanol–water partition coefficient (Wildman–Crippen LogP) is 4.56. The summed E-state index contributed by atoms with van der Waals surface area (Å²) in [5.41, 5.74) is 3.84. The number of pyridine rings is 1. The standard InChI is InChI=1S/C24H24N4O2S.2ClH/c1-17-23(24(29)26-9-10-28-11-13-30-14-12-28)20(22-8-7-19(16-25)31-22)15-21(27-17)18-5-3-2-4-6-18;;/h2-8,15H,9-14H2,1H3,(H,26,29);2*1H. The van der Waals surface area contributed by atoms with Crippen molar-refractivity contribution in [2.24, 2.45) is 0 Å². The van der Waals surface area contributed by atoms with Crippen LogP contribution >= 0.6 is 36.2 Å². The van der Waals surface area contributed by atoms with E-state index in [-0.39, 0.29) is 30.7 Å². The summed E-state index contributed by atoms with van der Waals surface area (Å²) < 4.78 is 5.38. The Morgan fingerprint density at radius 1 is 1.18 bits per heavy atom. The third-order valence-electron chi connectivity index (χ3n) is 5.30. The number of aryl methyl sites for hydroxylation is 1. The van der Waals surface area contributed by atoms with E-state index in [4.69, 9.17) is 9.72 Å². The Balaban J connectivity index is 0.00000193. The molecule has 1 aliphatic rings. The van der Waals surface area contributed by atoms with Gasteiger partial charge in [-0.3, -0.25) is 14.7 Å².